The third-order valence-corrected chi connectivity index (χ3v) is 3.50. The van der Waals surface area contributed by atoms with Gasteiger partial charge in [0.15, 0.2) is 0 Å². The predicted octanol–water partition coefficient (Wildman–Crippen LogP) is 3.01. The summed E-state index contributed by atoms with van der Waals surface area (Å²) in [5.74, 6) is 0.356. The van der Waals surface area contributed by atoms with E-state index >= 15 is 0 Å². The van der Waals surface area contributed by atoms with Crippen molar-refractivity contribution in [3.8, 4) is 5.75 Å². The maximum absolute atomic E-state index is 9.87. The van der Waals surface area contributed by atoms with Crippen LogP contribution in [0.2, 0.25) is 0 Å². The molecule has 0 aliphatic rings. The van der Waals surface area contributed by atoms with E-state index in [9.17, 15) is 5.11 Å². The maximum atomic E-state index is 9.87. The van der Waals surface area contributed by atoms with Gasteiger partial charge in [-0.05, 0) is 25.5 Å². The van der Waals surface area contributed by atoms with Gasteiger partial charge in [0.2, 0.25) is 0 Å². The molecule has 0 aliphatic heterocycles. The van der Waals surface area contributed by atoms with Crippen molar-refractivity contribution < 1.29 is 5.11 Å². The van der Waals surface area contributed by atoms with Crippen molar-refractivity contribution in [1.82, 2.24) is 10.3 Å². The molecule has 1 aromatic heterocycles. The zero-order valence-electron chi connectivity index (χ0n) is 9.97. The number of nitrogens with zero attached hydrogens (tertiary/aromatic N) is 1. The van der Waals surface area contributed by atoms with Gasteiger partial charge in [-0.3, -0.25) is 4.98 Å². The fourth-order valence-corrected chi connectivity index (χ4v) is 2.26. The van der Waals surface area contributed by atoms with E-state index in [0.717, 1.165) is 17.7 Å². The highest BCUT2D eigenvalue weighted by Crippen LogP contribution is 2.25. The summed E-state index contributed by atoms with van der Waals surface area (Å²) in [6.07, 6.45) is 1.86. The molecule has 0 radical (unpaired) electrons. The lowest BCUT2D eigenvalue weighted by Crippen LogP contribution is -2.17. The Kier molecular flexibility index (Phi) is 3.76. The summed E-state index contributed by atoms with van der Waals surface area (Å²) < 4.78 is 0. The van der Waals surface area contributed by atoms with E-state index < -0.39 is 0 Å². The summed E-state index contributed by atoms with van der Waals surface area (Å²) in [6.45, 7) is 4.80. The van der Waals surface area contributed by atoms with Gasteiger partial charge >= 0.3 is 0 Å². The summed E-state index contributed by atoms with van der Waals surface area (Å²) in [6, 6.07) is 5.90. The number of benzene rings is 1. The molecule has 0 amide bonds. The third-order valence-electron chi connectivity index (χ3n) is 2.72. The molecule has 2 rings (SSSR count). The number of aromatic hydroxyl groups is 1. The highest BCUT2D eigenvalue weighted by atomic mass is 32.1. The smallest absolute Gasteiger partial charge is 0.120 e. The van der Waals surface area contributed by atoms with E-state index in [2.05, 4.69) is 10.3 Å². The Morgan fingerprint density at radius 1 is 1.47 bits per heavy atom. The summed E-state index contributed by atoms with van der Waals surface area (Å²) in [4.78, 5) is 5.23. The second-order valence-corrected chi connectivity index (χ2v) is 5.10. The average molecular weight is 248 g/mol. The Hall–Kier alpha value is -1.39. The van der Waals surface area contributed by atoms with Crippen molar-refractivity contribution in [2.75, 3.05) is 0 Å². The first-order valence-electron chi connectivity index (χ1n) is 5.57. The molecule has 1 atom stereocenters. The van der Waals surface area contributed by atoms with E-state index in [1.165, 1.54) is 4.88 Å². The quantitative estimate of drug-likeness (QED) is 0.874. The van der Waals surface area contributed by atoms with Gasteiger partial charge in [-0.25, -0.2) is 0 Å². The molecule has 1 unspecified atom stereocenters. The molecule has 0 bridgehead atoms. The summed E-state index contributed by atoms with van der Waals surface area (Å²) in [5, 5.41) is 13.2. The SMILES string of the molecule is Cc1ccc(C(C)NCc2cncs2)c(O)c1. The summed E-state index contributed by atoms with van der Waals surface area (Å²) in [5.41, 5.74) is 3.83. The lowest BCUT2D eigenvalue weighted by Gasteiger charge is -2.15. The number of phenolic OH excluding ortho intramolecular Hbond substituents is 1. The van der Waals surface area contributed by atoms with Crippen LogP contribution >= 0.6 is 11.3 Å². The van der Waals surface area contributed by atoms with Crippen LogP contribution in [-0.4, -0.2) is 10.1 Å². The molecular weight excluding hydrogens is 232 g/mol. The number of thiazole rings is 1. The summed E-state index contributed by atoms with van der Waals surface area (Å²) in [7, 11) is 0. The fourth-order valence-electron chi connectivity index (χ4n) is 1.71. The monoisotopic (exact) mass is 248 g/mol. The molecular formula is C13H16N2OS. The summed E-state index contributed by atoms with van der Waals surface area (Å²) >= 11 is 1.63. The number of aromatic nitrogens is 1. The Morgan fingerprint density at radius 2 is 2.29 bits per heavy atom. The largest absolute Gasteiger partial charge is 0.508 e. The standard InChI is InChI=1S/C13H16N2OS/c1-9-3-4-12(13(16)5-9)10(2)15-7-11-6-14-8-17-11/h3-6,8,10,15-16H,7H2,1-2H3. The number of hydrogen-bond donors (Lipinski definition) is 2. The highest BCUT2D eigenvalue weighted by Gasteiger charge is 2.09. The normalized spacial score (nSPS) is 12.6. The zero-order valence-corrected chi connectivity index (χ0v) is 10.8. The molecule has 17 heavy (non-hydrogen) atoms. The number of hydrogen-bond acceptors (Lipinski definition) is 4. The van der Waals surface area contributed by atoms with Crippen molar-refractivity contribution in [3.05, 3.63) is 45.9 Å². The van der Waals surface area contributed by atoms with E-state index in [1.807, 2.05) is 37.7 Å². The van der Waals surface area contributed by atoms with E-state index in [0.29, 0.717) is 5.75 Å². The molecule has 1 aromatic carbocycles. The fraction of sp³-hybridized carbons (Fsp3) is 0.308. The van der Waals surface area contributed by atoms with Crippen LogP contribution in [0.25, 0.3) is 0 Å². The van der Waals surface area contributed by atoms with Gasteiger partial charge in [0, 0.05) is 29.2 Å². The minimum Gasteiger partial charge on any atom is -0.508 e. The van der Waals surface area contributed by atoms with E-state index in [4.69, 9.17) is 0 Å². The van der Waals surface area contributed by atoms with Crippen molar-refractivity contribution in [1.29, 1.82) is 0 Å². The topological polar surface area (TPSA) is 45.2 Å². The number of rotatable bonds is 4. The Morgan fingerprint density at radius 3 is 2.94 bits per heavy atom. The molecule has 0 fully saturated rings. The van der Waals surface area contributed by atoms with Gasteiger partial charge in [-0.1, -0.05) is 12.1 Å². The van der Waals surface area contributed by atoms with Crippen LogP contribution in [0, 0.1) is 6.92 Å². The van der Waals surface area contributed by atoms with Gasteiger partial charge in [0.1, 0.15) is 5.75 Å². The second-order valence-electron chi connectivity index (χ2n) is 4.13. The minimum atomic E-state index is 0.123. The molecule has 0 aliphatic carbocycles. The first-order chi connectivity index (χ1) is 8.16. The van der Waals surface area contributed by atoms with Gasteiger partial charge in [0.05, 0.1) is 5.51 Å². The van der Waals surface area contributed by atoms with Crippen molar-refractivity contribution in [2.45, 2.75) is 26.4 Å². The average Bonchev–Trinajstić information content (AvgIpc) is 2.78. The third kappa shape index (κ3) is 3.05. The molecule has 0 saturated heterocycles. The number of aryl methyl sites for hydroxylation is 1. The Balaban J connectivity index is 2.01. The molecule has 0 spiro atoms. The van der Waals surface area contributed by atoms with Crippen LogP contribution in [0.1, 0.15) is 29.0 Å². The lowest BCUT2D eigenvalue weighted by molar-refractivity contribution is 0.452. The van der Waals surface area contributed by atoms with E-state index in [-0.39, 0.29) is 6.04 Å². The van der Waals surface area contributed by atoms with E-state index in [1.54, 1.807) is 17.4 Å². The molecule has 2 aromatic rings. The Bertz CT molecular complexity index is 482. The molecule has 90 valence electrons. The highest BCUT2D eigenvalue weighted by molar-refractivity contribution is 7.09. The van der Waals surface area contributed by atoms with Crippen LogP contribution < -0.4 is 5.32 Å². The first kappa shape index (κ1) is 12.1. The van der Waals surface area contributed by atoms with Crippen molar-refractivity contribution in [2.24, 2.45) is 0 Å². The Labute approximate surface area is 105 Å². The van der Waals surface area contributed by atoms with Crippen LogP contribution in [-0.2, 0) is 6.54 Å². The van der Waals surface area contributed by atoms with Gasteiger partial charge in [0.25, 0.3) is 0 Å². The molecule has 3 nitrogen and oxygen atoms in total. The first-order valence-corrected chi connectivity index (χ1v) is 6.45. The van der Waals surface area contributed by atoms with Crippen molar-refractivity contribution >= 4 is 11.3 Å². The minimum absolute atomic E-state index is 0.123. The maximum Gasteiger partial charge on any atom is 0.120 e. The number of phenols is 1. The van der Waals surface area contributed by atoms with Crippen LogP contribution in [0.5, 0.6) is 5.75 Å². The van der Waals surface area contributed by atoms with Crippen LogP contribution in [0.3, 0.4) is 0 Å². The zero-order chi connectivity index (χ0) is 12.3. The lowest BCUT2D eigenvalue weighted by atomic mass is 10.1. The van der Waals surface area contributed by atoms with Gasteiger partial charge in [-0.15, -0.1) is 11.3 Å². The van der Waals surface area contributed by atoms with Gasteiger partial charge in [-0.2, -0.15) is 0 Å². The molecule has 2 N–H and O–H groups in total. The molecule has 4 heteroatoms. The number of nitrogens with one attached hydrogen (secondary N) is 1. The van der Waals surface area contributed by atoms with Crippen LogP contribution in [0.15, 0.2) is 29.9 Å². The molecule has 1 heterocycles. The van der Waals surface area contributed by atoms with Gasteiger partial charge < -0.3 is 10.4 Å². The predicted molar refractivity (Wildman–Crippen MR) is 70.2 cm³/mol. The second kappa shape index (κ2) is 5.29. The molecule has 0 saturated carbocycles. The van der Waals surface area contributed by atoms with Crippen molar-refractivity contribution in [3.63, 3.8) is 0 Å². The van der Waals surface area contributed by atoms with Crippen LogP contribution in [0.4, 0.5) is 0 Å².